The first-order valence-corrected chi connectivity index (χ1v) is 12.0. The van der Waals surface area contributed by atoms with Gasteiger partial charge in [-0.25, -0.2) is 4.90 Å². The highest BCUT2D eigenvalue weighted by molar-refractivity contribution is 6.22. The fourth-order valence-corrected chi connectivity index (χ4v) is 5.41. The average Bonchev–Trinajstić information content (AvgIpc) is 3.36. The summed E-state index contributed by atoms with van der Waals surface area (Å²) in [4.78, 5) is 54.3. The number of hydrogen-bond acceptors (Lipinski definition) is 6. The van der Waals surface area contributed by atoms with Gasteiger partial charge in [0.1, 0.15) is 11.5 Å². The van der Waals surface area contributed by atoms with E-state index in [2.05, 4.69) is 6.92 Å². The molecule has 182 valence electrons. The smallest absolute Gasteiger partial charge is 0.316 e. The molecule has 2 saturated heterocycles. The molecule has 3 aliphatic rings. The monoisotopic (exact) mass is 476 g/mol. The van der Waals surface area contributed by atoms with E-state index in [9.17, 15) is 19.2 Å². The van der Waals surface area contributed by atoms with Crippen molar-refractivity contribution < 1.29 is 28.7 Å². The molecule has 1 aliphatic carbocycles. The second-order valence-electron chi connectivity index (χ2n) is 9.66. The molecule has 1 saturated carbocycles. The maximum absolute atomic E-state index is 13.0. The molecule has 5 rings (SSSR count). The van der Waals surface area contributed by atoms with Crippen molar-refractivity contribution in [3.8, 4) is 11.5 Å². The minimum absolute atomic E-state index is 0.0508. The first-order chi connectivity index (χ1) is 16.9. The molecule has 3 fully saturated rings. The largest absolute Gasteiger partial charge is 0.497 e. The van der Waals surface area contributed by atoms with Gasteiger partial charge in [0.25, 0.3) is 0 Å². The Balaban J connectivity index is 1.27. The summed E-state index contributed by atoms with van der Waals surface area (Å²) in [5.41, 5.74) is 1.10. The first kappa shape index (κ1) is 23.1. The van der Waals surface area contributed by atoms with E-state index in [0.717, 1.165) is 19.3 Å². The van der Waals surface area contributed by atoms with Crippen LogP contribution in [0, 0.1) is 23.7 Å². The summed E-state index contributed by atoms with van der Waals surface area (Å²) in [6.45, 7) is 2.33. The van der Waals surface area contributed by atoms with Crippen LogP contribution in [0.1, 0.15) is 32.6 Å². The fourth-order valence-electron chi connectivity index (χ4n) is 5.41. The molecule has 0 radical (unpaired) electrons. The summed E-state index contributed by atoms with van der Waals surface area (Å²) < 4.78 is 10.7. The van der Waals surface area contributed by atoms with E-state index >= 15 is 0 Å². The van der Waals surface area contributed by atoms with Gasteiger partial charge >= 0.3 is 5.97 Å². The van der Waals surface area contributed by atoms with Crippen molar-refractivity contribution in [3.05, 3.63) is 48.5 Å². The Morgan fingerprint density at radius 1 is 0.914 bits per heavy atom. The van der Waals surface area contributed by atoms with Gasteiger partial charge in [0.2, 0.25) is 17.7 Å². The molecule has 0 unspecified atom stereocenters. The topological polar surface area (TPSA) is 93.2 Å². The molecule has 2 aliphatic heterocycles. The highest BCUT2D eigenvalue weighted by atomic mass is 16.5. The number of amides is 3. The SMILES string of the molecule is COc1ccc(N2C[C@H](C(=O)Oc3cccc(N4C(=O)[C@H]5CC[C@@H](C)C[C@@H]5C4=O)c3)CC2=O)cc1. The second kappa shape index (κ2) is 9.17. The van der Waals surface area contributed by atoms with E-state index in [1.54, 1.807) is 60.5 Å². The van der Waals surface area contributed by atoms with Crippen LogP contribution in [0.25, 0.3) is 0 Å². The maximum Gasteiger partial charge on any atom is 0.316 e. The molecular formula is C27H28N2O6. The van der Waals surface area contributed by atoms with E-state index in [0.29, 0.717) is 23.0 Å². The van der Waals surface area contributed by atoms with Gasteiger partial charge in [-0.1, -0.05) is 13.0 Å². The fraction of sp³-hybridized carbons (Fsp3) is 0.407. The van der Waals surface area contributed by atoms with Gasteiger partial charge in [0.05, 0.1) is 30.6 Å². The van der Waals surface area contributed by atoms with E-state index in [4.69, 9.17) is 9.47 Å². The Bertz CT molecular complexity index is 1180. The number of nitrogens with zero attached hydrogens (tertiary/aromatic N) is 2. The van der Waals surface area contributed by atoms with Crippen LogP contribution < -0.4 is 19.3 Å². The number of methoxy groups -OCH3 is 1. The highest BCUT2D eigenvalue weighted by Crippen LogP contribution is 2.42. The molecule has 2 heterocycles. The predicted molar refractivity (Wildman–Crippen MR) is 128 cm³/mol. The number of rotatable bonds is 5. The van der Waals surface area contributed by atoms with Crippen LogP contribution in [0.4, 0.5) is 11.4 Å². The molecule has 8 heteroatoms. The summed E-state index contributed by atoms with van der Waals surface area (Å²) in [5, 5.41) is 0. The molecule has 8 nitrogen and oxygen atoms in total. The average molecular weight is 477 g/mol. The molecule has 3 amide bonds. The van der Waals surface area contributed by atoms with Crippen molar-refractivity contribution in [1.82, 2.24) is 0 Å². The zero-order valence-electron chi connectivity index (χ0n) is 19.8. The molecule has 2 aromatic rings. The van der Waals surface area contributed by atoms with Gasteiger partial charge in [0, 0.05) is 24.7 Å². The Morgan fingerprint density at radius 3 is 2.40 bits per heavy atom. The molecule has 0 spiro atoms. The number of imide groups is 1. The molecule has 0 aromatic heterocycles. The van der Waals surface area contributed by atoms with Gasteiger partial charge in [-0.05, 0) is 61.6 Å². The Morgan fingerprint density at radius 2 is 1.66 bits per heavy atom. The number of benzene rings is 2. The Kier molecular flexibility index (Phi) is 6.05. The quantitative estimate of drug-likeness (QED) is 0.372. The third-order valence-electron chi connectivity index (χ3n) is 7.32. The molecule has 4 atom stereocenters. The zero-order chi connectivity index (χ0) is 24.7. The lowest BCUT2D eigenvalue weighted by Gasteiger charge is -2.25. The number of esters is 1. The van der Waals surface area contributed by atoms with Gasteiger partial charge in [0.15, 0.2) is 0 Å². The lowest BCUT2D eigenvalue weighted by atomic mass is 9.76. The van der Waals surface area contributed by atoms with Crippen LogP contribution >= 0.6 is 0 Å². The van der Waals surface area contributed by atoms with Crippen molar-refractivity contribution in [2.45, 2.75) is 32.6 Å². The Hall–Kier alpha value is -3.68. The van der Waals surface area contributed by atoms with Crippen molar-refractivity contribution in [2.24, 2.45) is 23.7 Å². The van der Waals surface area contributed by atoms with E-state index in [-0.39, 0.29) is 48.3 Å². The van der Waals surface area contributed by atoms with Gasteiger partial charge in [-0.2, -0.15) is 0 Å². The highest BCUT2D eigenvalue weighted by Gasteiger charge is 2.50. The minimum Gasteiger partial charge on any atom is -0.497 e. The summed E-state index contributed by atoms with van der Waals surface area (Å²) in [6, 6.07) is 13.6. The van der Waals surface area contributed by atoms with Crippen molar-refractivity contribution in [3.63, 3.8) is 0 Å². The number of anilines is 2. The molecular weight excluding hydrogens is 448 g/mol. The van der Waals surface area contributed by atoms with Crippen molar-refractivity contribution >= 4 is 35.1 Å². The van der Waals surface area contributed by atoms with Crippen LogP contribution in [0.15, 0.2) is 48.5 Å². The maximum atomic E-state index is 13.0. The molecule has 2 aromatic carbocycles. The predicted octanol–water partition coefficient (Wildman–Crippen LogP) is 3.58. The lowest BCUT2D eigenvalue weighted by molar-refractivity contribution is -0.139. The summed E-state index contributed by atoms with van der Waals surface area (Å²) in [7, 11) is 1.57. The third kappa shape index (κ3) is 4.29. The van der Waals surface area contributed by atoms with Crippen molar-refractivity contribution in [2.75, 3.05) is 23.5 Å². The standard InChI is InChI=1S/C27H28N2O6/c1-16-6-11-22-23(12-16)26(32)29(25(22)31)19-4-3-5-21(14-19)35-27(33)17-13-24(30)28(15-17)18-7-9-20(34-2)10-8-18/h3-5,7-10,14,16-17,22-23H,6,11-13,15H2,1-2H3/t16-,17-,22+,23+/m1/s1. The minimum atomic E-state index is -0.618. The third-order valence-corrected chi connectivity index (χ3v) is 7.32. The number of fused-ring (bicyclic) bond motifs is 1. The first-order valence-electron chi connectivity index (χ1n) is 12.0. The van der Waals surface area contributed by atoms with Crippen LogP contribution in [0.2, 0.25) is 0 Å². The van der Waals surface area contributed by atoms with Crippen LogP contribution in [0.3, 0.4) is 0 Å². The zero-order valence-corrected chi connectivity index (χ0v) is 19.8. The van der Waals surface area contributed by atoms with Gasteiger partial charge < -0.3 is 14.4 Å². The van der Waals surface area contributed by atoms with Crippen molar-refractivity contribution in [1.29, 1.82) is 0 Å². The lowest BCUT2D eigenvalue weighted by Crippen LogP contribution is -2.31. The van der Waals surface area contributed by atoms with E-state index in [1.165, 1.54) is 4.90 Å². The van der Waals surface area contributed by atoms with Crippen LogP contribution in [0.5, 0.6) is 11.5 Å². The number of carbonyl (C=O) groups excluding carboxylic acids is 4. The van der Waals surface area contributed by atoms with Gasteiger partial charge in [-0.3, -0.25) is 19.2 Å². The number of ether oxygens (including phenoxy) is 2. The van der Waals surface area contributed by atoms with E-state index < -0.39 is 11.9 Å². The number of hydrogen-bond donors (Lipinski definition) is 0. The van der Waals surface area contributed by atoms with Gasteiger partial charge in [-0.15, -0.1) is 0 Å². The second-order valence-corrected chi connectivity index (χ2v) is 9.66. The summed E-state index contributed by atoms with van der Waals surface area (Å²) in [6.07, 6.45) is 2.44. The van der Waals surface area contributed by atoms with Crippen LogP contribution in [-0.4, -0.2) is 37.3 Å². The molecule has 35 heavy (non-hydrogen) atoms. The molecule has 0 N–H and O–H groups in total. The van der Waals surface area contributed by atoms with E-state index in [1.807, 2.05) is 0 Å². The Labute approximate surface area is 203 Å². The van der Waals surface area contributed by atoms with Crippen LogP contribution in [-0.2, 0) is 19.2 Å². The number of carbonyl (C=O) groups is 4. The summed E-state index contributed by atoms with van der Waals surface area (Å²) in [5.74, 6) is -0.835. The normalized spacial score (nSPS) is 26.2. The summed E-state index contributed by atoms with van der Waals surface area (Å²) >= 11 is 0. The molecule has 0 bridgehead atoms.